The first kappa shape index (κ1) is 18.0. The van der Waals surface area contributed by atoms with Crippen LogP contribution in [0.1, 0.15) is 32.8 Å². The molecule has 5 heteroatoms. The van der Waals surface area contributed by atoms with Crippen LogP contribution in [0.4, 0.5) is 5.69 Å². The maximum Gasteiger partial charge on any atom is 0.221 e. The molecule has 0 aliphatic heterocycles. The van der Waals surface area contributed by atoms with Crippen molar-refractivity contribution in [3.63, 3.8) is 0 Å². The van der Waals surface area contributed by atoms with E-state index in [1.165, 1.54) is 12.5 Å². The highest BCUT2D eigenvalue weighted by molar-refractivity contribution is 5.88. The fraction of sp³-hybridized carbons (Fsp3) is 0.529. The molecule has 0 aliphatic carbocycles. The minimum absolute atomic E-state index is 0.0503. The third kappa shape index (κ3) is 7.67. The highest BCUT2D eigenvalue weighted by Crippen LogP contribution is 2.09. The van der Waals surface area contributed by atoms with Crippen molar-refractivity contribution in [2.75, 3.05) is 25.5 Å². The van der Waals surface area contributed by atoms with E-state index in [4.69, 9.17) is 0 Å². The van der Waals surface area contributed by atoms with E-state index in [0.717, 1.165) is 37.6 Å². The van der Waals surface area contributed by atoms with E-state index in [1.54, 1.807) is 7.05 Å². The normalized spacial score (nSPS) is 11.4. The molecule has 0 aromatic heterocycles. The molecule has 0 fully saturated rings. The number of nitrogens with zero attached hydrogens (tertiary/aromatic N) is 1. The van der Waals surface area contributed by atoms with E-state index in [9.17, 15) is 4.79 Å². The molecule has 1 aromatic rings. The van der Waals surface area contributed by atoms with Crippen LogP contribution >= 0.6 is 0 Å². The van der Waals surface area contributed by atoms with Gasteiger partial charge < -0.3 is 16.0 Å². The number of hydrogen-bond donors (Lipinski definition) is 3. The SMILES string of the molecule is CN=C(NCCc1ccc(NC(C)=O)cc1)NCCC(C)C. The van der Waals surface area contributed by atoms with Crippen molar-refractivity contribution < 1.29 is 4.79 Å². The second-order valence-electron chi connectivity index (χ2n) is 5.74. The lowest BCUT2D eigenvalue weighted by Crippen LogP contribution is -2.39. The van der Waals surface area contributed by atoms with Gasteiger partial charge in [0.05, 0.1) is 0 Å². The van der Waals surface area contributed by atoms with Crippen LogP contribution in [0.2, 0.25) is 0 Å². The summed E-state index contributed by atoms with van der Waals surface area (Å²) in [6, 6.07) is 7.91. The van der Waals surface area contributed by atoms with Gasteiger partial charge >= 0.3 is 0 Å². The van der Waals surface area contributed by atoms with Crippen molar-refractivity contribution in [1.82, 2.24) is 10.6 Å². The highest BCUT2D eigenvalue weighted by atomic mass is 16.1. The zero-order valence-electron chi connectivity index (χ0n) is 14.1. The zero-order valence-corrected chi connectivity index (χ0v) is 14.1. The van der Waals surface area contributed by atoms with Crippen molar-refractivity contribution in [3.8, 4) is 0 Å². The molecule has 0 bridgehead atoms. The summed E-state index contributed by atoms with van der Waals surface area (Å²) in [7, 11) is 1.78. The first-order valence-electron chi connectivity index (χ1n) is 7.82. The maximum absolute atomic E-state index is 11.0. The minimum Gasteiger partial charge on any atom is -0.356 e. The molecular formula is C17H28N4O. The average molecular weight is 304 g/mol. The molecule has 3 N–H and O–H groups in total. The molecule has 0 atom stereocenters. The maximum atomic E-state index is 11.0. The standard InChI is InChI=1S/C17H28N4O/c1-13(2)9-11-19-17(18-4)20-12-10-15-5-7-16(8-6-15)21-14(3)22/h5-8,13H,9-12H2,1-4H3,(H,21,22)(H2,18,19,20). The summed E-state index contributed by atoms with van der Waals surface area (Å²) in [6.45, 7) is 7.68. The average Bonchev–Trinajstić information content (AvgIpc) is 2.46. The molecule has 0 radical (unpaired) electrons. The zero-order chi connectivity index (χ0) is 16.4. The molecule has 1 rings (SSSR count). The van der Waals surface area contributed by atoms with Crippen LogP contribution in [-0.4, -0.2) is 32.0 Å². The number of carbonyl (C=O) groups is 1. The molecule has 0 saturated heterocycles. The van der Waals surface area contributed by atoms with Crippen molar-refractivity contribution in [2.24, 2.45) is 10.9 Å². The number of carbonyl (C=O) groups excluding carboxylic acids is 1. The van der Waals surface area contributed by atoms with Crippen LogP contribution in [0, 0.1) is 5.92 Å². The van der Waals surface area contributed by atoms with E-state index >= 15 is 0 Å². The molecule has 0 aliphatic rings. The van der Waals surface area contributed by atoms with E-state index in [0.29, 0.717) is 5.92 Å². The quantitative estimate of drug-likeness (QED) is 0.535. The van der Waals surface area contributed by atoms with E-state index in [-0.39, 0.29) is 5.91 Å². The summed E-state index contributed by atoms with van der Waals surface area (Å²) in [5.74, 6) is 1.48. The van der Waals surface area contributed by atoms with Gasteiger partial charge in [0.2, 0.25) is 5.91 Å². The van der Waals surface area contributed by atoms with Crippen molar-refractivity contribution >= 4 is 17.6 Å². The predicted octanol–water partition coefficient (Wildman–Crippen LogP) is 2.40. The summed E-state index contributed by atoms with van der Waals surface area (Å²) >= 11 is 0. The molecule has 5 nitrogen and oxygen atoms in total. The number of anilines is 1. The molecule has 0 unspecified atom stereocenters. The monoisotopic (exact) mass is 304 g/mol. The Morgan fingerprint density at radius 1 is 1.14 bits per heavy atom. The lowest BCUT2D eigenvalue weighted by Gasteiger charge is -2.13. The van der Waals surface area contributed by atoms with Crippen molar-refractivity contribution in [2.45, 2.75) is 33.6 Å². The molecule has 0 heterocycles. The Bertz CT molecular complexity index is 480. The van der Waals surface area contributed by atoms with E-state index in [1.807, 2.05) is 24.3 Å². The molecular weight excluding hydrogens is 276 g/mol. The summed E-state index contributed by atoms with van der Waals surface area (Å²) in [4.78, 5) is 15.2. The second kappa shape index (κ2) is 9.82. The summed E-state index contributed by atoms with van der Waals surface area (Å²) in [5, 5.41) is 9.38. The number of rotatable bonds is 7. The lowest BCUT2D eigenvalue weighted by molar-refractivity contribution is -0.114. The molecule has 0 saturated carbocycles. The summed E-state index contributed by atoms with van der Waals surface area (Å²) in [6.07, 6.45) is 2.04. The Labute approximate surface area is 133 Å². The number of amides is 1. The topological polar surface area (TPSA) is 65.5 Å². The Balaban J connectivity index is 2.31. The molecule has 1 amide bonds. The van der Waals surface area contributed by atoms with Crippen LogP contribution in [0.5, 0.6) is 0 Å². The fourth-order valence-corrected chi connectivity index (χ4v) is 1.98. The second-order valence-corrected chi connectivity index (χ2v) is 5.74. The van der Waals surface area contributed by atoms with Crippen LogP contribution in [-0.2, 0) is 11.2 Å². The third-order valence-corrected chi connectivity index (χ3v) is 3.22. The minimum atomic E-state index is -0.0503. The Morgan fingerprint density at radius 3 is 2.32 bits per heavy atom. The summed E-state index contributed by atoms with van der Waals surface area (Å²) < 4.78 is 0. The number of benzene rings is 1. The van der Waals surface area contributed by atoms with Crippen LogP contribution in [0.25, 0.3) is 0 Å². The van der Waals surface area contributed by atoms with Gasteiger partial charge in [0.15, 0.2) is 5.96 Å². The largest absolute Gasteiger partial charge is 0.356 e. The van der Waals surface area contributed by atoms with E-state index in [2.05, 4.69) is 34.8 Å². The third-order valence-electron chi connectivity index (χ3n) is 3.22. The van der Waals surface area contributed by atoms with Gasteiger partial charge in [-0.1, -0.05) is 26.0 Å². The first-order chi connectivity index (χ1) is 10.5. The van der Waals surface area contributed by atoms with Gasteiger partial charge in [0.25, 0.3) is 0 Å². The van der Waals surface area contributed by atoms with Crippen LogP contribution in [0.3, 0.4) is 0 Å². The Kier molecular flexibility index (Phi) is 8.04. The Morgan fingerprint density at radius 2 is 1.77 bits per heavy atom. The lowest BCUT2D eigenvalue weighted by atomic mass is 10.1. The molecule has 22 heavy (non-hydrogen) atoms. The van der Waals surface area contributed by atoms with Gasteiger partial charge in [-0.05, 0) is 36.5 Å². The highest BCUT2D eigenvalue weighted by Gasteiger charge is 2.00. The van der Waals surface area contributed by atoms with Gasteiger partial charge in [-0.2, -0.15) is 0 Å². The predicted molar refractivity (Wildman–Crippen MR) is 93.3 cm³/mol. The number of guanidine groups is 1. The van der Waals surface area contributed by atoms with Crippen LogP contribution in [0.15, 0.2) is 29.3 Å². The first-order valence-corrected chi connectivity index (χ1v) is 7.82. The van der Waals surface area contributed by atoms with Gasteiger partial charge in [0.1, 0.15) is 0 Å². The number of aliphatic imine (C=N–C) groups is 1. The van der Waals surface area contributed by atoms with Gasteiger partial charge in [-0.25, -0.2) is 0 Å². The molecule has 122 valence electrons. The molecule has 1 aromatic carbocycles. The number of nitrogens with one attached hydrogen (secondary N) is 3. The van der Waals surface area contributed by atoms with Gasteiger partial charge in [-0.15, -0.1) is 0 Å². The smallest absolute Gasteiger partial charge is 0.221 e. The van der Waals surface area contributed by atoms with Crippen molar-refractivity contribution in [1.29, 1.82) is 0 Å². The molecule has 0 spiro atoms. The van der Waals surface area contributed by atoms with Crippen molar-refractivity contribution in [3.05, 3.63) is 29.8 Å². The van der Waals surface area contributed by atoms with Crippen LogP contribution < -0.4 is 16.0 Å². The fourth-order valence-electron chi connectivity index (χ4n) is 1.98. The van der Waals surface area contributed by atoms with Gasteiger partial charge in [-0.3, -0.25) is 9.79 Å². The van der Waals surface area contributed by atoms with Gasteiger partial charge in [0, 0.05) is 32.7 Å². The summed E-state index contributed by atoms with van der Waals surface area (Å²) in [5.41, 5.74) is 2.05. The Hall–Kier alpha value is -2.04. The van der Waals surface area contributed by atoms with E-state index < -0.39 is 0 Å². The number of hydrogen-bond acceptors (Lipinski definition) is 2.